The lowest BCUT2D eigenvalue weighted by Gasteiger charge is -2.32. The third kappa shape index (κ3) is 2.57. The first-order valence-corrected chi connectivity index (χ1v) is 6.43. The summed E-state index contributed by atoms with van der Waals surface area (Å²) >= 11 is 0. The lowest BCUT2D eigenvalue weighted by atomic mass is 9.85. The predicted molar refractivity (Wildman–Crippen MR) is 62.9 cm³/mol. The molecule has 3 heteroatoms. The summed E-state index contributed by atoms with van der Waals surface area (Å²) in [4.78, 5) is 11.8. The molecule has 2 rings (SSSR count). The van der Waals surface area contributed by atoms with Crippen LogP contribution in [0.15, 0.2) is 0 Å². The standard InChI is InChI=1S/C13H23NO2/c1-12(2)8-10(12)11(15)14-9-13(16)6-4-3-5-7-13/h10,16H,3-9H2,1-2H3,(H,14,15). The van der Waals surface area contributed by atoms with Crippen LogP contribution in [-0.4, -0.2) is 23.2 Å². The molecule has 0 saturated heterocycles. The van der Waals surface area contributed by atoms with Crippen LogP contribution in [-0.2, 0) is 4.79 Å². The third-order valence-corrected chi connectivity index (χ3v) is 4.21. The molecule has 92 valence electrons. The summed E-state index contributed by atoms with van der Waals surface area (Å²) in [5.41, 5.74) is -0.452. The van der Waals surface area contributed by atoms with E-state index in [9.17, 15) is 9.90 Å². The van der Waals surface area contributed by atoms with Crippen molar-refractivity contribution in [2.24, 2.45) is 11.3 Å². The Hall–Kier alpha value is -0.570. The van der Waals surface area contributed by atoms with Gasteiger partial charge in [-0.3, -0.25) is 4.79 Å². The van der Waals surface area contributed by atoms with Gasteiger partial charge in [0, 0.05) is 12.5 Å². The smallest absolute Gasteiger partial charge is 0.223 e. The van der Waals surface area contributed by atoms with Gasteiger partial charge >= 0.3 is 0 Å². The zero-order valence-corrected chi connectivity index (χ0v) is 10.4. The number of rotatable bonds is 3. The van der Waals surface area contributed by atoms with Crippen LogP contribution in [0.25, 0.3) is 0 Å². The van der Waals surface area contributed by atoms with E-state index in [1.54, 1.807) is 0 Å². The summed E-state index contributed by atoms with van der Waals surface area (Å²) in [6.07, 6.45) is 6.04. The highest BCUT2D eigenvalue weighted by atomic mass is 16.3. The van der Waals surface area contributed by atoms with Gasteiger partial charge in [0.15, 0.2) is 0 Å². The molecule has 0 spiro atoms. The molecule has 1 amide bonds. The molecule has 3 nitrogen and oxygen atoms in total. The Labute approximate surface area is 97.6 Å². The van der Waals surface area contributed by atoms with Crippen molar-refractivity contribution in [3.05, 3.63) is 0 Å². The summed E-state index contributed by atoms with van der Waals surface area (Å²) in [5, 5.41) is 13.2. The first-order valence-electron chi connectivity index (χ1n) is 6.43. The van der Waals surface area contributed by atoms with E-state index < -0.39 is 5.60 Å². The molecule has 0 heterocycles. The van der Waals surface area contributed by atoms with Gasteiger partial charge in [-0.2, -0.15) is 0 Å². The van der Waals surface area contributed by atoms with Crippen molar-refractivity contribution in [1.82, 2.24) is 5.32 Å². The van der Waals surface area contributed by atoms with E-state index in [-0.39, 0.29) is 17.2 Å². The van der Waals surface area contributed by atoms with Crippen LogP contribution in [0.1, 0.15) is 52.4 Å². The maximum absolute atomic E-state index is 11.8. The van der Waals surface area contributed by atoms with Gasteiger partial charge in [-0.1, -0.05) is 33.1 Å². The fraction of sp³-hybridized carbons (Fsp3) is 0.923. The number of amides is 1. The summed E-state index contributed by atoms with van der Waals surface area (Å²) < 4.78 is 0. The fourth-order valence-electron chi connectivity index (χ4n) is 2.68. The van der Waals surface area contributed by atoms with E-state index in [4.69, 9.17) is 0 Å². The van der Waals surface area contributed by atoms with Crippen molar-refractivity contribution < 1.29 is 9.90 Å². The molecule has 1 atom stereocenters. The van der Waals surface area contributed by atoms with Crippen molar-refractivity contribution in [2.45, 2.75) is 58.0 Å². The van der Waals surface area contributed by atoms with E-state index in [1.165, 1.54) is 6.42 Å². The molecule has 2 aliphatic carbocycles. The molecule has 2 fully saturated rings. The van der Waals surface area contributed by atoms with Crippen molar-refractivity contribution >= 4 is 5.91 Å². The molecule has 2 aliphatic rings. The van der Waals surface area contributed by atoms with Crippen molar-refractivity contribution in [3.8, 4) is 0 Å². The second kappa shape index (κ2) is 4.02. The number of carbonyl (C=O) groups excluding carboxylic acids is 1. The molecule has 1 unspecified atom stereocenters. The van der Waals surface area contributed by atoms with Crippen LogP contribution in [0, 0.1) is 11.3 Å². The molecular formula is C13H23NO2. The maximum Gasteiger partial charge on any atom is 0.223 e. The SMILES string of the molecule is CC1(C)CC1C(=O)NCC1(O)CCCCC1. The lowest BCUT2D eigenvalue weighted by Crippen LogP contribution is -2.44. The van der Waals surface area contributed by atoms with Crippen LogP contribution in [0.3, 0.4) is 0 Å². The Balaban J connectivity index is 1.76. The molecule has 0 aromatic rings. The summed E-state index contributed by atoms with van der Waals surface area (Å²) in [6.45, 7) is 4.68. The van der Waals surface area contributed by atoms with E-state index in [1.807, 2.05) is 0 Å². The topological polar surface area (TPSA) is 49.3 Å². The number of hydrogen-bond acceptors (Lipinski definition) is 2. The van der Waals surface area contributed by atoms with E-state index in [0.29, 0.717) is 6.54 Å². The fourth-order valence-corrected chi connectivity index (χ4v) is 2.68. The average molecular weight is 225 g/mol. The Morgan fingerprint density at radius 1 is 1.31 bits per heavy atom. The van der Waals surface area contributed by atoms with Crippen molar-refractivity contribution in [1.29, 1.82) is 0 Å². The minimum absolute atomic E-state index is 0.129. The molecule has 2 N–H and O–H groups in total. The zero-order chi connectivity index (χ0) is 11.8. The van der Waals surface area contributed by atoms with Crippen molar-refractivity contribution in [3.63, 3.8) is 0 Å². The predicted octanol–water partition coefficient (Wildman–Crippen LogP) is 1.84. The first-order chi connectivity index (χ1) is 7.43. The number of aliphatic hydroxyl groups is 1. The third-order valence-electron chi connectivity index (χ3n) is 4.21. The molecule has 0 aromatic heterocycles. The van der Waals surface area contributed by atoms with Crippen LogP contribution in [0.2, 0.25) is 0 Å². The van der Waals surface area contributed by atoms with Gasteiger partial charge in [0.1, 0.15) is 0 Å². The molecule has 0 radical (unpaired) electrons. The molecular weight excluding hydrogens is 202 g/mol. The van der Waals surface area contributed by atoms with Crippen molar-refractivity contribution in [2.75, 3.05) is 6.54 Å². The highest BCUT2D eigenvalue weighted by molar-refractivity contribution is 5.82. The second-order valence-corrected chi connectivity index (χ2v) is 6.25. The van der Waals surface area contributed by atoms with E-state index in [0.717, 1.165) is 32.1 Å². The van der Waals surface area contributed by atoms with Gasteiger partial charge < -0.3 is 10.4 Å². The Morgan fingerprint density at radius 2 is 1.88 bits per heavy atom. The number of nitrogens with one attached hydrogen (secondary N) is 1. The van der Waals surface area contributed by atoms with Crippen LogP contribution in [0.5, 0.6) is 0 Å². The minimum atomic E-state index is -0.632. The summed E-state index contributed by atoms with van der Waals surface area (Å²) in [5.74, 6) is 0.295. The molecule has 16 heavy (non-hydrogen) atoms. The monoisotopic (exact) mass is 225 g/mol. The van der Waals surface area contributed by atoms with Gasteiger partial charge in [-0.25, -0.2) is 0 Å². The van der Waals surface area contributed by atoms with Gasteiger partial charge in [-0.15, -0.1) is 0 Å². The largest absolute Gasteiger partial charge is 0.388 e. The van der Waals surface area contributed by atoms with Gasteiger partial charge in [0.2, 0.25) is 5.91 Å². The van der Waals surface area contributed by atoms with Crippen LogP contribution in [0.4, 0.5) is 0 Å². The number of carbonyl (C=O) groups is 1. The summed E-state index contributed by atoms with van der Waals surface area (Å²) in [7, 11) is 0. The first kappa shape index (κ1) is 11.9. The zero-order valence-electron chi connectivity index (χ0n) is 10.4. The van der Waals surface area contributed by atoms with Gasteiger partial charge in [-0.05, 0) is 24.7 Å². The molecule has 0 bridgehead atoms. The van der Waals surface area contributed by atoms with Gasteiger partial charge in [0.25, 0.3) is 0 Å². The van der Waals surface area contributed by atoms with Gasteiger partial charge in [0.05, 0.1) is 5.60 Å². The van der Waals surface area contributed by atoms with Crippen LogP contribution < -0.4 is 5.32 Å². The molecule has 0 aliphatic heterocycles. The van der Waals surface area contributed by atoms with E-state index >= 15 is 0 Å². The Morgan fingerprint density at radius 3 is 2.38 bits per heavy atom. The number of hydrogen-bond donors (Lipinski definition) is 2. The quantitative estimate of drug-likeness (QED) is 0.770. The Kier molecular flexibility index (Phi) is 2.99. The van der Waals surface area contributed by atoms with E-state index in [2.05, 4.69) is 19.2 Å². The highest BCUT2D eigenvalue weighted by Gasteiger charge is 2.50. The minimum Gasteiger partial charge on any atom is -0.388 e. The average Bonchev–Trinajstić information content (AvgIpc) is 2.86. The summed E-state index contributed by atoms with van der Waals surface area (Å²) in [6, 6.07) is 0. The normalized spacial score (nSPS) is 30.8. The second-order valence-electron chi connectivity index (χ2n) is 6.25. The highest BCUT2D eigenvalue weighted by Crippen LogP contribution is 2.51. The molecule has 0 aromatic carbocycles. The Bertz CT molecular complexity index is 280. The molecule has 2 saturated carbocycles. The lowest BCUT2D eigenvalue weighted by molar-refractivity contribution is -0.124. The maximum atomic E-state index is 11.8. The van der Waals surface area contributed by atoms with Crippen LogP contribution >= 0.6 is 0 Å².